The van der Waals surface area contributed by atoms with E-state index in [0.717, 1.165) is 24.2 Å². The summed E-state index contributed by atoms with van der Waals surface area (Å²) >= 11 is 0. The molecule has 1 aliphatic rings. The van der Waals surface area contributed by atoms with E-state index in [9.17, 15) is 5.11 Å². The van der Waals surface area contributed by atoms with Crippen LogP contribution in [0.2, 0.25) is 0 Å². The third-order valence-electron chi connectivity index (χ3n) is 5.02. The summed E-state index contributed by atoms with van der Waals surface area (Å²) in [6.07, 6.45) is 2.71. The van der Waals surface area contributed by atoms with Gasteiger partial charge in [-0.3, -0.25) is 0 Å². The number of methoxy groups -OCH3 is 1. The summed E-state index contributed by atoms with van der Waals surface area (Å²) < 4.78 is 17.2. The van der Waals surface area contributed by atoms with Crippen molar-refractivity contribution in [1.29, 1.82) is 0 Å². The van der Waals surface area contributed by atoms with Crippen molar-refractivity contribution in [3.8, 4) is 23.3 Å². The zero-order valence-electron chi connectivity index (χ0n) is 17.1. The van der Waals surface area contributed by atoms with Crippen molar-refractivity contribution < 1.29 is 19.3 Å². The van der Waals surface area contributed by atoms with Gasteiger partial charge in [-0.1, -0.05) is 18.2 Å². The van der Waals surface area contributed by atoms with Crippen molar-refractivity contribution >= 4 is 5.69 Å². The summed E-state index contributed by atoms with van der Waals surface area (Å²) in [7, 11) is 1.59. The van der Waals surface area contributed by atoms with Gasteiger partial charge in [0.25, 0.3) is 0 Å². The molecule has 1 unspecified atom stereocenters. The first kappa shape index (κ1) is 20.0. The molecule has 7 nitrogen and oxygen atoms in total. The highest BCUT2D eigenvalue weighted by Crippen LogP contribution is 2.32. The van der Waals surface area contributed by atoms with Crippen LogP contribution < -0.4 is 19.1 Å². The fraction of sp³-hybridized carbons (Fsp3) is 0.304. The normalized spacial score (nSPS) is 15.8. The summed E-state index contributed by atoms with van der Waals surface area (Å²) in [6, 6.07) is 15.0. The Kier molecular flexibility index (Phi) is 5.99. The van der Waals surface area contributed by atoms with Gasteiger partial charge in [-0.25, -0.2) is 9.97 Å². The first-order chi connectivity index (χ1) is 14.7. The van der Waals surface area contributed by atoms with Crippen LogP contribution in [0.1, 0.15) is 17.7 Å². The molecule has 0 bridgehead atoms. The largest absolute Gasteiger partial charge is 0.493 e. The van der Waals surface area contributed by atoms with Crippen molar-refractivity contribution in [3.63, 3.8) is 0 Å². The number of hydrogen-bond donors (Lipinski definition) is 1. The number of anilines is 1. The van der Waals surface area contributed by atoms with Gasteiger partial charge in [0.2, 0.25) is 11.8 Å². The lowest BCUT2D eigenvalue weighted by molar-refractivity contribution is 0.215. The average molecular weight is 407 g/mol. The summed E-state index contributed by atoms with van der Waals surface area (Å²) in [6.45, 7) is 3.34. The fourth-order valence-electron chi connectivity index (χ4n) is 3.49. The summed E-state index contributed by atoms with van der Waals surface area (Å²) in [5.74, 6) is 2.24. The molecule has 30 heavy (non-hydrogen) atoms. The smallest absolute Gasteiger partial charge is 0.219 e. The highest BCUT2D eigenvalue weighted by atomic mass is 16.5. The molecular weight excluding hydrogens is 382 g/mol. The van der Waals surface area contributed by atoms with E-state index in [1.807, 2.05) is 49.4 Å². The average Bonchev–Trinajstić information content (AvgIpc) is 3.24. The Bertz CT molecular complexity index is 994. The van der Waals surface area contributed by atoms with E-state index in [2.05, 4.69) is 14.9 Å². The molecule has 7 heteroatoms. The molecule has 3 aromatic rings. The van der Waals surface area contributed by atoms with Gasteiger partial charge in [-0.05, 0) is 30.7 Å². The van der Waals surface area contributed by atoms with E-state index < -0.39 is 0 Å². The molecule has 1 saturated heterocycles. The molecule has 3 heterocycles. The lowest BCUT2D eigenvalue weighted by Crippen LogP contribution is -2.26. The van der Waals surface area contributed by atoms with Crippen molar-refractivity contribution in [2.75, 3.05) is 25.1 Å². The van der Waals surface area contributed by atoms with E-state index in [0.29, 0.717) is 35.5 Å². The molecule has 0 saturated carbocycles. The maximum absolute atomic E-state index is 9.89. The predicted octanol–water partition coefficient (Wildman–Crippen LogP) is 3.74. The number of aryl methyl sites for hydroxylation is 1. The number of aromatic nitrogens is 2. The molecule has 0 aliphatic carbocycles. The van der Waals surface area contributed by atoms with Gasteiger partial charge in [0.15, 0.2) is 11.5 Å². The third kappa shape index (κ3) is 4.46. The lowest BCUT2D eigenvalue weighted by atomic mass is 10.2. The van der Waals surface area contributed by atoms with E-state index in [4.69, 9.17) is 14.2 Å². The predicted molar refractivity (Wildman–Crippen MR) is 113 cm³/mol. The molecule has 0 spiro atoms. The summed E-state index contributed by atoms with van der Waals surface area (Å²) in [5, 5.41) is 9.89. The standard InChI is InChI=1S/C23H25N3O4/c1-16-7-9-22(24-13-16)29-17-11-12-26(14-17)19-8-10-23(25-18(19)15-27)30-21-6-4-3-5-20(21)28-2/h3-10,13,17,27H,11-12,14-15H2,1-2H3. The first-order valence-electron chi connectivity index (χ1n) is 9.92. The minimum Gasteiger partial charge on any atom is -0.493 e. The quantitative estimate of drug-likeness (QED) is 0.639. The fourth-order valence-corrected chi connectivity index (χ4v) is 3.49. The van der Waals surface area contributed by atoms with E-state index in [1.54, 1.807) is 19.4 Å². The topological polar surface area (TPSA) is 76.9 Å². The van der Waals surface area contributed by atoms with Gasteiger partial charge in [-0.2, -0.15) is 0 Å². The van der Waals surface area contributed by atoms with Gasteiger partial charge in [0.05, 0.1) is 31.6 Å². The molecule has 1 N–H and O–H groups in total. The number of ether oxygens (including phenoxy) is 3. The number of pyridine rings is 2. The Balaban J connectivity index is 1.46. The third-order valence-corrected chi connectivity index (χ3v) is 5.02. The van der Waals surface area contributed by atoms with E-state index in [-0.39, 0.29) is 12.7 Å². The number of aliphatic hydroxyl groups is 1. The molecule has 156 valence electrons. The molecule has 0 amide bonds. The van der Waals surface area contributed by atoms with Crippen molar-refractivity contribution in [3.05, 3.63) is 66.0 Å². The van der Waals surface area contributed by atoms with Crippen LogP contribution in [0.4, 0.5) is 5.69 Å². The van der Waals surface area contributed by atoms with Gasteiger partial charge in [0, 0.05) is 31.3 Å². The van der Waals surface area contributed by atoms with Crippen LogP contribution in [0.3, 0.4) is 0 Å². The second-order valence-electron chi connectivity index (χ2n) is 7.17. The van der Waals surface area contributed by atoms with Gasteiger partial charge in [0.1, 0.15) is 6.10 Å². The minimum absolute atomic E-state index is 0.0382. The zero-order chi connectivity index (χ0) is 20.9. The van der Waals surface area contributed by atoms with Crippen LogP contribution in [0.15, 0.2) is 54.7 Å². The Morgan fingerprint density at radius 1 is 1.07 bits per heavy atom. The second kappa shape index (κ2) is 9.00. The molecule has 4 rings (SSSR count). The molecule has 1 aromatic carbocycles. The van der Waals surface area contributed by atoms with Gasteiger partial charge < -0.3 is 24.2 Å². The lowest BCUT2D eigenvalue weighted by Gasteiger charge is -2.21. The maximum Gasteiger partial charge on any atom is 0.219 e. The van der Waals surface area contributed by atoms with Crippen molar-refractivity contribution in [2.24, 2.45) is 0 Å². The van der Waals surface area contributed by atoms with Crippen LogP contribution in [0.25, 0.3) is 0 Å². The van der Waals surface area contributed by atoms with E-state index in [1.165, 1.54) is 0 Å². The SMILES string of the molecule is COc1ccccc1Oc1ccc(N2CCC(Oc3ccc(C)cn3)C2)c(CO)n1. The monoisotopic (exact) mass is 407 g/mol. The Morgan fingerprint density at radius 3 is 2.60 bits per heavy atom. The summed E-state index contributed by atoms with van der Waals surface area (Å²) in [5.41, 5.74) is 2.55. The molecule has 2 aromatic heterocycles. The van der Waals surface area contributed by atoms with Crippen LogP contribution >= 0.6 is 0 Å². The molecule has 1 fully saturated rings. The first-order valence-corrected chi connectivity index (χ1v) is 9.92. The highest BCUT2D eigenvalue weighted by Gasteiger charge is 2.26. The second-order valence-corrected chi connectivity index (χ2v) is 7.17. The number of rotatable bonds is 7. The van der Waals surface area contributed by atoms with Crippen molar-refractivity contribution in [2.45, 2.75) is 26.1 Å². The maximum atomic E-state index is 9.89. The highest BCUT2D eigenvalue weighted by molar-refractivity contribution is 5.53. The Labute approximate surface area is 175 Å². The molecule has 0 radical (unpaired) electrons. The number of nitrogens with zero attached hydrogens (tertiary/aromatic N) is 3. The molecular formula is C23H25N3O4. The van der Waals surface area contributed by atoms with Crippen molar-refractivity contribution in [1.82, 2.24) is 9.97 Å². The van der Waals surface area contributed by atoms with Gasteiger partial charge in [-0.15, -0.1) is 0 Å². The molecule has 1 atom stereocenters. The number of para-hydroxylation sites is 2. The van der Waals surface area contributed by atoms with Crippen LogP contribution in [0, 0.1) is 6.92 Å². The number of hydrogen-bond acceptors (Lipinski definition) is 7. The Hall–Kier alpha value is -3.32. The minimum atomic E-state index is -0.181. The van der Waals surface area contributed by atoms with Gasteiger partial charge >= 0.3 is 0 Å². The van der Waals surface area contributed by atoms with Crippen LogP contribution in [-0.4, -0.2) is 41.4 Å². The van der Waals surface area contributed by atoms with E-state index >= 15 is 0 Å². The van der Waals surface area contributed by atoms with Crippen LogP contribution in [-0.2, 0) is 6.61 Å². The zero-order valence-corrected chi connectivity index (χ0v) is 17.1. The Morgan fingerprint density at radius 2 is 1.87 bits per heavy atom. The van der Waals surface area contributed by atoms with Crippen LogP contribution in [0.5, 0.6) is 23.3 Å². The molecule has 1 aliphatic heterocycles. The number of benzene rings is 1. The summed E-state index contributed by atoms with van der Waals surface area (Å²) in [4.78, 5) is 11.0. The number of aliphatic hydroxyl groups excluding tert-OH is 1.